The average Bonchev–Trinajstić information content (AvgIpc) is 2.71. The third-order valence-corrected chi connectivity index (χ3v) is 6.19. The van der Waals surface area contributed by atoms with Gasteiger partial charge in [0.25, 0.3) is 0 Å². The molecular formula is C27H36N2O3. The number of nitrogens with zero attached hydrogens (tertiary/aromatic N) is 1. The van der Waals surface area contributed by atoms with E-state index in [1.807, 2.05) is 49.9 Å². The van der Waals surface area contributed by atoms with Crippen molar-refractivity contribution in [2.45, 2.75) is 78.5 Å². The molecule has 172 valence electrons. The number of rotatable bonds is 5. The number of ether oxygens (including phenoxy) is 1. The monoisotopic (exact) mass is 436 g/mol. The van der Waals surface area contributed by atoms with Gasteiger partial charge in [0.05, 0.1) is 0 Å². The highest BCUT2D eigenvalue weighted by Crippen LogP contribution is 2.37. The van der Waals surface area contributed by atoms with Gasteiger partial charge in [-0.25, -0.2) is 4.79 Å². The van der Waals surface area contributed by atoms with E-state index in [0.29, 0.717) is 17.5 Å². The van der Waals surface area contributed by atoms with Crippen molar-refractivity contribution in [2.75, 3.05) is 0 Å². The maximum atomic E-state index is 13.1. The van der Waals surface area contributed by atoms with Crippen molar-refractivity contribution in [1.29, 1.82) is 0 Å². The van der Waals surface area contributed by atoms with E-state index in [1.165, 1.54) is 0 Å². The van der Waals surface area contributed by atoms with E-state index in [9.17, 15) is 9.59 Å². The first-order valence-electron chi connectivity index (χ1n) is 11.4. The maximum absolute atomic E-state index is 13.1. The van der Waals surface area contributed by atoms with Gasteiger partial charge in [0, 0.05) is 18.2 Å². The molecule has 0 saturated heterocycles. The fraction of sp³-hybridized carbons (Fsp3) is 0.481. The number of primary amides is 1. The number of carbonyl (C=O) groups is 2. The number of nitrogens with two attached hydrogens (primary N) is 1. The summed E-state index contributed by atoms with van der Waals surface area (Å²) in [6.07, 6.45) is 3.97. The Morgan fingerprint density at radius 1 is 0.969 bits per heavy atom. The Balaban J connectivity index is 1.76. The number of amides is 2. The van der Waals surface area contributed by atoms with Gasteiger partial charge in [-0.05, 0) is 80.7 Å². The molecule has 1 fully saturated rings. The first-order valence-corrected chi connectivity index (χ1v) is 11.4. The van der Waals surface area contributed by atoms with Gasteiger partial charge in [0.2, 0.25) is 5.91 Å². The molecule has 5 heteroatoms. The zero-order valence-corrected chi connectivity index (χ0v) is 20.0. The molecule has 5 nitrogen and oxygen atoms in total. The third kappa shape index (κ3) is 6.35. The lowest BCUT2D eigenvalue weighted by atomic mass is 9.75. The summed E-state index contributed by atoms with van der Waals surface area (Å²) in [5.74, 6) is -0.430. The topological polar surface area (TPSA) is 72.6 Å². The Kier molecular flexibility index (Phi) is 6.97. The van der Waals surface area contributed by atoms with Crippen molar-refractivity contribution in [3.63, 3.8) is 0 Å². The molecule has 1 aliphatic carbocycles. The Morgan fingerprint density at radius 3 is 1.94 bits per heavy atom. The van der Waals surface area contributed by atoms with Gasteiger partial charge >= 0.3 is 6.09 Å². The highest BCUT2D eigenvalue weighted by Gasteiger charge is 2.34. The lowest BCUT2D eigenvalue weighted by Gasteiger charge is -2.40. The van der Waals surface area contributed by atoms with Crippen LogP contribution in [0, 0.1) is 5.41 Å². The summed E-state index contributed by atoms with van der Waals surface area (Å²) in [5.41, 5.74) is 8.76. The van der Waals surface area contributed by atoms with Crippen LogP contribution >= 0.6 is 0 Å². The van der Waals surface area contributed by atoms with Crippen LogP contribution < -0.4 is 5.73 Å². The molecule has 1 saturated carbocycles. The molecule has 0 unspecified atom stereocenters. The quantitative estimate of drug-likeness (QED) is 0.610. The van der Waals surface area contributed by atoms with E-state index in [0.717, 1.165) is 42.4 Å². The zero-order chi connectivity index (χ0) is 23.5. The largest absolute Gasteiger partial charge is 0.444 e. The van der Waals surface area contributed by atoms with Crippen molar-refractivity contribution in [1.82, 2.24) is 4.90 Å². The van der Waals surface area contributed by atoms with Crippen LogP contribution in [-0.4, -0.2) is 28.5 Å². The molecule has 0 heterocycles. The summed E-state index contributed by atoms with van der Waals surface area (Å²) in [6.45, 7) is 10.9. The highest BCUT2D eigenvalue weighted by molar-refractivity contribution is 5.93. The molecule has 0 aliphatic heterocycles. The minimum Gasteiger partial charge on any atom is -0.444 e. The lowest BCUT2D eigenvalue weighted by molar-refractivity contribution is 0.00491. The van der Waals surface area contributed by atoms with Crippen molar-refractivity contribution >= 4 is 12.0 Å². The van der Waals surface area contributed by atoms with Crippen molar-refractivity contribution in [3.8, 4) is 11.1 Å². The Morgan fingerprint density at radius 2 is 1.47 bits per heavy atom. The molecule has 2 aromatic rings. The van der Waals surface area contributed by atoms with E-state index in [-0.39, 0.29) is 12.1 Å². The van der Waals surface area contributed by atoms with Crippen LogP contribution in [0.2, 0.25) is 0 Å². The van der Waals surface area contributed by atoms with E-state index in [2.05, 4.69) is 26.0 Å². The molecule has 0 bridgehead atoms. The molecule has 0 aromatic heterocycles. The highest BCUT2D eigenvalue weighted by atomic mass is 16.6. The van der Waals surface area contributed by atoms with E-state index >= 15 is 0 Å². The van der Waals surface area contributed by atoms with Crippen molar-refractivity contribution in [2.24, 2.45) is 11.1 Å². The Hall–Kier alpha value is -2.82. The van der Waals surface area contributed by atoms with Crippen LogP contribution in [-0.2, 0) is 11.3 Å². The van der Waals surface area contributed by atoms with Crippen LogP contribution in [0.5, 0.6) is 0 Å². The molecular weight excluding hydrogens is 400 g/mol. The fourth-order valence-corrected chi connectivity index (χ4v) is 4.19. The minimum atomic E-state index is -0.524. The average molecular weight is 437 g/mol. The molecule has 2 aromatic carbocycles. The van der Waals surface area contributed by atoms with Crippen LogP contribution in [0.4, 0.5) is 4.79 Å². The summed E-state index contributed by atoms with van der Waals surface area (Å²) < 4.78 is 5.75. The summed E-state index contributed by atoms with van der Waals surface area (Å²) in [5, 5.41) is 0. The van der Waals surface area contributed by atoms with Gasteiger partial charge in [-0.15, -0.1) is 0 Å². The van der Waals surface area contributed by atoms with Gasteiger partial charge < -0.3 is 15.4 Å². The Labute approximate surface area is 191 Å². The second-order valence-corrected chi connectivity index (χ2v) is 10.6. The van der Waals surface area contributed by atoms with Gasteiger partial charge in [0.1, 0.15) is 5.60 Å². The van der Waals surface area contributed by atoms with Crippen LogP contribution in [0.15, 0.2) is 48.5 Å². The zero-order valence-electron chi connectivity index (χ0n) is 20.0. The maximum Gasteiger partial charge on any atom is 0.410 e. The summed E-state index contributed by atoms with van der Waals surface area (Å²) >= 11 is 0. The van der Waals surface area contributed by atoms with Gasteiger partial charge in [-0.3, -0.25) is 4.79 Å². The molecule has 1 aliphatic rings. The van der Waals surface area contributed by atoms with Gasteiger partial charge in [0.15, 0.2) is 0 Å². The van der Waals surface area contributed by atoms with Gasteiger partial charge in [-0.1, -0.05) is 50.2 Å². The van der Waals surface area contributed by atoms with E-state index < -0.39 is 11.5 Å². The van der Waals surface area contributed by atoms with E-state index in [4.69, 9.17) is 10.5 Å². The first-order chi connectivity index (χ1) is 14.9. The minimum absolute atomic E-state index is 0.193. The number of hydrogen-bond donors (Lipinski definition) is 1. The molecule has 2 amide bonds. The van der Waals surface area contributed by atoms with Crippen LogP contribution in [0.3, 0.4) is 0 Å². The van der Waals surface area contributed by atoms with Crippen molar-refractivity contribution in [3.05, 3.63) is 59.7 Å². The molecule has 32 heavy (non-hydrogen) atoms. The van der Waals surface area contributed by atoms with Crippen molar-refractivity contribution < 1.29 is 14.3 Å². The third-order valence-electron chi connectivity index (χ3n) is 6.19. The summed E-state index contributed by atoms with van der Waals surface area (Å²) in [6, 6.07) is 15.7. The number of benzene rings is 2. The predicted octanol–water partition coefficient (Wildman–Crippen LogP) is 6.16. The Bertz CT molecular complexity index is 930. The molecule has 0 spiro atoms. The number of carbonyl (C=O) groups excluding carboxylic acids is 2. The molecule has 3 rings (SSSR count). The van der Waals surface area contributed by atoms with Crippen LogP contribution in [0.1, 0.15) is 76.2 Å². The molecule has 0 atom stereocenters. The SMILES string of the molecule is CC1(C)CCC(N(Cc2ccc(-c3ccc(C(N)=O)cc3)cc2)C(=O)OC(C)(C)C)CC1. The van der Waals surface area contributed by atoms with Gasteiger partial charge in [-0.2, -0.15) is 0 Å². The smallest absolute Gasteiger partial charge is 0.410 e. The second kappa shape index (κ2) is 9.35. The predicted molar refractivity (Wildman–Crippen MR) is 128 cm³/mol. The fourth-order valence-electron chi connectivity index (χ4n) is 4.19. The summed E-state index contributed by atoms with van der Waals surface area (Å²) in [7, 11) is 0. The molecule has 2 N–H and O–H groups in total. The second-order valence-electron chi connectivity index (χ2n) is 10.6. The standard InChI is InChI=1S/C27H36N2O3/c1-26(2,3)32-25(31)29(23-14-16-27(4,5)17-15-23)18-19-6-8-20(9-7-19)21-10-12-22(13-11-21)24(28)30/h6-13,23H,14-18H2,1-5H3,(H2,28,30). The summed E-state index contributed by atoms with van der Waals surface area (Å²) in [4.78, 5) is 26.3. The lowest BCUT2D eigenvalue weighted by Crippen LogP contribution is -2.45. The van der Waals surface area contributed by atoms with E-state index in [1.54, 1.807) is 12.1 Å². The first kappa shape index (κ1) is 23.8. The number of hydrogen-bond acceptors (Lipinski definition) is 3. The molecule has 0 radical (unpaired) electrons. The van der Waals surface area contributed by atoms with Crippen LogP contribution in [0.25, 0.3) is 11.1 Å². The normalized spacial score (nSPS) is 16.4.